The van der Waals surface area contributed by atoms with E-state index in [9.17, 15) is 0 Å². The van der Waals surface area contributed by atoms with E-state index >= 15 is 0 Å². The molecule has 2 aliphatic rings. The van der Waals surface area contributed by atoms with Gasteiger partial charge in [0.15, 0.2) is 11.8 Å². The Kier molecular flexibility index (Phi) is 6.26. The molecule has 0 N–H and O–H groups in total. The van der Waals surface area contributed by atoms with Crippen molar-refractivity contribution in [3.8, 4) is 0 Å². The van der Waals surface area contributed by atoms with Crippen LogP contribution in [0.25, 0.3) is 0 Å². The minimum atomic E-state index is 0.0623. The lowest BCUT2D eigenvalue weighted by atomic mass is 10.1. The summed E-state index contributed by atoms with van der Waals surface area (Å²) in [6, 6.07) is 31.2. The van der Waals surface area contributed by atoms with Crippen LogP contribution in [-0.2, 0) is 16.0 Å². The maximum absolute atomic E-state index is 5.97. The molecule has 2 aliphatic heterocycles. The van der Waals surface area contributed by atoms with E-state index in [2.05, 4.69) is 53.4 Å². The van der Waals surface area contributed by atoms with Crippen molar-refractivity contribution in [2.45, 2.75) is 18.6 Å². The second kappa shape index (κ2) is 9.79. The Bertz CT molecular complexity index is 1000. The average molecular weight is 426 g/mol. The van der Waals surface area contributed by atoms with Gasteiger partial charge in [0, 0.05) is 6.54 Å². The normalized spacial score (nSPS) is 19.9. The minimum absolute atomic E-state index is 0.0623. The second-order valence-corrected chi connectivity index (χ2v) is 8.15. The molecule has 2 atom stereocenters. The Balaban J connectivity index is 1.30. The predicted octanol–water partition coefficient (Wildman–Crippen LogP) is 4.83. The van der Waals surface area contributed by atoms with E-state index in [0.717, 1.165) is 18.3 Å². The molecule has 0 saturated carbocycles. The van der Waals surface area contributed by atoms with Crippen LogP contribution in [0.2, 0.25) is 0 Å². The van der Waals surface area contributed by atoms with Gasteiger partial charge in [0.05, 0.1) is 13.1 Å². The molecule has 5 nitrogen and oxygen atoms in total. The molecule has 32 heavy (non-hydrogen) atoms. The maximum atomic E-state index is 5.97. The van der Waals surface area contributed by atoms with Gasteiger partial charge >= 0.3 is 0 Å². The lowest BCUT2D eigenvalue weighted by Crippen LogP contribution is -2.34. The molecule has 0 aliphatic carbocycles. The van der Waals surface area contributed by atoms with Gasteiger partial charge < -0.3 is 9.47 Å². The SMILES string of the molecule is c1ccc(CN(CC2=N[C@@H](c3ccccc3)CO2)CC2=N[C@@H](c3ccccc3)CO2)cc1. The first-order chi connectivity index (χ1) is 15.8. The summed E-state index contributed by atoms with van der Waals surface area (Å²) in [5.41, 5.74) is 3.61. The highest BCUT2D eigenvalue weighted by molar-refractivity contribution is 5.83. The number of benzene rings is 3. The molecular weight excluding hydrogens is 398 g/mol. The van der Waals surface area contributed by atoms with Gasteiger partial charge in [-0.2, -0.15) is 0 Å². The van der Waals surface area contributed by atoms with Crippen LogP contribution in [0.1, 0.15) is 28.8 Å². The van der Waals surface area contributed by atoms with E-state index in [1.165, 1.54) is 16.7 Å². The molecule has 162 valence electrons. The van der Waals surface area contributed by atoms with Gasteiger partial charge in [0.2, 0.25) is 0 Å². The van der Waals surface area contributed by atoms with E-state index in [-0.39, 0.29) is 12.1 Å². The molecule has 3 aromatic rings. The van der Waals surface area contributed by atoms with Crippen molar-refractivity contribution in [1.82, 2.24) is 4.90 Å². The molecule has 0 unspecified atom stereocenters. The van der Waals surface area contributed by atoms with Gasteiger partial charge in [-0.15, -0.1) is 0 Å². The van der Waals surface area contributed by atoms with Crippen LogP contribution in [0, 0.1) is 0 Å². The molecular formula is C27H27N3O2. The van der Waals surface area contributed by atoms with E-state index in [1.54, 1.807) is 0 Å². The molecule has 0 saturated heterocycles. The zero-order valence-electron chi connectivity index (χ0n) is 18.0. The number of nitrogens with zero attached hydrogens (tertiary/aromatic N) is 3. The predicted molar refractivity (Wildman–Crippen MR) is 127 cm³/mol. The van der Waals surface area contributed by atoms with Crippen molar-refractivity contribution >= 4 is 11.8 Å². The Hall–Kier alpha value is -3.44. The van der Waals surface area contributed by atoms with Gasteiger partial charge in [0.25, 0.3) is 0 Å². The third kappa shape index (κ3) is 5.06. The minimum Gasteiger partial charge on any atom is -0.477 e. The molecule has 5 rings (SSSR count). The summed E-state index contributed by atoms with van der Waals surface area (Å²) in [6.07, 6.45) is 0. The zero-order chi connectivity index (χ0) is 21.6. The molecule has 0 radical (unpaired) electrons. The highest BCUT2D eigenvalue weighted by Gasteiger charge is 2.26. The summed E-state index contributed by atoms with van der Waals surface area (Å²) >= 11 is 0. The number of aliphatic imine (C=N–C) groups is 2. The summed E-state index contributed by atoms with van der Waals surface area (Å²) in [5.74, 6) is 1.54. The van der Waals surface area contributed by atoms with E-state index in [1.807, 2.05) is 42.5 Å². The van der Waals surface area contributed by atoms with Crippen molar-refractivity contribution in [2.24, 2.45) is 9.98 Å². The van der Waals surface area contributed by atoms with Gasteiger partial charge in [-0.1, -0.05) is 91.0 Å². The Morgan fingerprint density at radius 1 is 0.594 bits per heavy atom. The Labute approximate surface area is 189 Å². The quantitative estimate of drug-likeness (QED) is 0.519. The van der Waals surface area contributed by atoms with E-state index in [0.29, 0.717) is 26.3 Å². The molecule has 2 heterocycles. The first kappa shape index (κ1) is 20.5. The summed E-state index contributed by atoms with van der Waals surface area (Å²) in [7, 11) is 0. The first-order valence-electron chi connectivity index (χ1n) is 11.1. The van der Waals surface area contributed by atoms with Gasteiger partial charge in [-0.3, -0.25) is 4.90 Å². The molecule has 0 fully saturated rings. The lowest BCUT2D eigenvalue weighted by Gasteiger charge is -2.21. The third-order valence-electron chi connectivity index (χ3n) is 5.75. The van der Waals surface area contributed by atoms with Crippen LogP contribution >= 0.6 is 0 Å². The van der Waals surface area contributed by atoms with Crippen LogP contribution in [-0.4, -0.2) is 43.0 Å². The summed E-state index contributed by atoms with van der Waals surface area (Å²) in [5, 5.41) is 0. The second-order valence-electron chi connectivity index (χ2n) is 8.15. The van der Waals surface area contributed by atoms with Crippen LogP contribution in [0.3, 0.4) is 0 Å². The lowest BCUT2D eigenvalue weighted by molar-refractivity contribution is 0.256. The number of ether oxygens (including phenoxy) is 2. The van der Waals surface area contributed by atoms with E-state index < -0.39 is 0 Å². The fourth-order valence-electron chi connectivity index (χ4n) is 4.10. The van der Waals surface area contributed by atoms with Crippen molar-refractivity contribution in [3.63, 3.8) is 0 Å². The molecule has 5 heteroatoms. The fourth-order valence-corrected chi connectivity index (χ4v) is 4.10. The number of rotatable bonds is 8. The highest BCUT2D eigenvalue weighted by atomic mass is 16.5. The van der Waals surface area contributed by atoms with Crippen molar-refractivity contribution in [2.75, 3.05) is 26.3 Å². The first-order valence-corrected chi connectivity index (χ1v) is 11.1. The number of hydrogen-bond acceptors (Lipinski definition) is 5. The zero-order valence-corrected chi connectivity index (χ0v) is 18.0. The average Bonchev–Trinajstić information content (AvgIpc) is 3.51. The smallest absolute Gasteiger partial charge is 0.198 e. The monoisotopic (exact) mass is 425 g/mol. The van der Waals surface area contributed by atoms with Crippen molar-refractivity contribution < 1.29 is 9.47 Å². The fraction of sp³-hybridized carbons (Fsp3) is 0.259. The van der Waals surface area contributed by atoms with E-state index in [4.69, 9.17) is 19.5 Å². The standard InChI is InChI=1S/C27H27N3O2/c1-4-10-21(11-5-1)16-30(17-26-28-24(19-31-26)22-12-6-2-7-13-22)18-27-29-25(20-32-27)23-14-8-3-9-15-23/h1-15,24-25H,16-20H2/t24-,25-/m1/s1. The maximum Gasteiger partial charge on any atom is 0.198 e. The Morgan fingerprint density at radius 3 is 1.50 bits per heavy atom. The van der Waals surface area contributed by atoms with Crippen LogP contribution in [0.15, 0.2) is 101 Å². The summed E-state index contributed by atoms with van der Waals surface area (Å²) in [6.45, 7) is 3.20. The van der Waals surface area contributed by atoms with Crippen molar-refractivity contribution in [3.05, 3.63) is 108 Å². The summed E-state index contributed by atoms with van der Waals surface area (Å²) in [4.78, 5) is 12.0. The van der Waals surface area contributed by atoms with Gasteiger partial charge in [0.1, 0.15) is 25.3 Å². The number of hydrogen-bond donors (Lipinski definition) is 0. The van der Waals surface area contributed by atoms with Gasteiger partial charge in [-0.25, -0.2) is 9.98 Å². The topological polar surface area (TPSA) is 46.4 Å². The van der Waals surface area contributed by atoms with Gasteiger partial charge in [-0.05, 0) is 16.7 Å². The molecule has 0 amide bonds. The molecule has 0 spiro atoms. The van der Waals surface area contributed by atoms with Crippen LogP contribution in [0.4, 0.5) is 0 Å². The van der Waals surface area contributed by atoms with Crippen molar-refractivity contribution in [1.29, 1.82) is 0 Å². The summed E-state index contributed by atoms with van der Waals surface area (Å²) < 4.78 is 11.9. The molecule has 0 bridgehead atoms. The van der Waals surface area contributed by atoms with Crippen LogP contribution in [0.5, 0.6) is 0 Å². The Morgan fingerprint density at radius 2 is 1.03 bits per heavy atom. The van der Waals surface area contributed by atoms with Crippen LogP contribution < -0.4 is 0 Å². The highest BCUT2D eigenvalue weighted by Crippen LogP contribution is 2.25. The third-order valence-corrected chi connectivity index (χ3v) is 5.75. The largest absolute Gasteiger partial charge is 0.477 e. The molecule has 0 aromatic heterocycles. The molecule has 3 aromatic carbocycles.